The molecule has 0 saturated carbocycles. The summed E-state index contributed by atoms with van der Waals surface area (Å²) >= 11 is 0. The third kappa shape index (κ3) is 2.79. The number of aliphatic carboxylic acids is 2. The molecule has 0 unspecified atom stereocenters. The highest BCUT2D eigenvalue weighted by molar-refractivity contribution is 5.97. The Labute approximate surface area is 108 Å². The first-order valence-corrected chi connectivity index (χ1v) is 5.57. The summed E-state index contributed by atoms with van der Waals surface area (Å²) in [7, 11) is 0. The molecular formula is C13H12N2O4. The molecule has 0 spiro atoms. The van der Waals surface area contributed by atoms with E-state index in [1.165, 1.54) is 6.08 Å². The summed E-state index contributed by atoms with van der Waals surface area (Å²) in [6.07, 6.45) is 2.49. The maximum Gasteiger partial charge on any atom is 0.332 e. The number of H-pyrrole nitrogens is 1. The Hall–Kier alpha value is -2.63. The molecule has 6 heteroatoms. The Morgan fingerprint density at radius 3 is 2.74 bits per heavy atom. The standard InChI is InChI=1S/C13H12N2O4/c1-7-2-8(4-10-6-14-15-12(7)10)3-9(13(18)19)5-11(16)17/h2-4,6H,5H2,1H3,(H,14,15)(H,16,17)(H,18,19)/b9-3+. The van der Waals surface area contributed by atoms with Gasteiger partial charge in [-0.2, -0.15) is 5.10 Å². The molecule has 0 amide bonds. The van der Waals surface area contributed by atoms with Crippen LogP contribution >= 0.6 is 0 Å². The van der Waals surface area contributed by atoms with Gasteiger partial charge in [-0.15, -0.1) is 0 Å². The van der Waals surface area contributed by atoms with Crippen molar-refractivity contribution in [3.05, 3.63) is 35.0 Å². The average Bonchev–Trinajstić information content (AvgIpc) is 2.76. The van der Waals surface area contributed by atoms with Crippen LogP contribution in [0.4, 0.5) is 0 Å². The molecule has 1 aromatic heterocycles. The van der Waals surface area contributed by atoms with Crippen LogP contribution in [0.5, 0.6) is 0 Å². The van der Waals surface area contributed by atoms with Crippen molar-refractivity contribution in [2.75, 3.05) is 0 Å². The summed E-state index contributed by atoms with van der Waals surface area (Å²) in [4.78, 5) is 21.6. The van der Waals surface area contributed by atoms with Gasteiger partial charge in [0, 0.05) is 11.0 Å². The van der Waals surface area contributed by atoms with Crippen molar-refractivity contribution in [1.29, 1.82) is 0 Å². The molecule has 1 heterocycles. The fraction of sp³-hybridized carbons (Fsp3) is 0.154. The quantitative estimate of drug-likeness (QED) is 0.727. The van der Waals surface area contributed by atoms with Gasteiger partial charge in [-0.1, -0.05) is 0 Å². The van der Waals surface area contributed by atoms with E-state index in [9.17, 15) is 9.59 Å². The zero-order valence-corrected chi connectivity index (χ0v) is 10.2. The molecule has 0 bridgehead atoms. The van der Waals surface area contributed by atoms with Crippen LogP contribution in [0.2, 0.25) is 0 Å². The molecule has 2 rings (SSSR count). The van der Waals surface area contributed by atoms with E-state index in [1.807, 2.05) is 6.92 Å². The van der Waals surface area contributed by atoms with Crippen molar-refractivity contribution in [1.82, 2.24) is 10.2 Å². The molecule has 0 aliphatic rings. The highest BCUT2D eigenvalue weighted by Crippen LogP contribution is 2.20. The molecule has 0 saturated heterocycles. The number of carboxylic acids is 2. The molecule has 98 valence electrons. The predicted octanol–water partition coefficient (Wildman–Crippen LogP) is 1.81. The minimum absolute atomic E-state index is 0.158. The molecule has 0 aliphatic carbocycles. The fourth-order valence-electron chi connectivity index (χ4n) is 1.90. The number of carbonyl (C=O) groups is 2. The Morgan fingerprint density at radius 1 is 1.37 bits per heavy atom. The normalized spacial score (nSPS) is 11.7. The topological polar surface area (TPSA) is 103 Å². The van der Waals surface area contributed by atoms with Crippen molar-refractivity contribution >= 4 is 28.9 Å². The number of benzene rings is 1. The Bertz CT molecular complexity index is 685. The van der Waals surface area contributed by atoms with Gasteiger partial charge >= 0.3 is 11.9 Å². The molecule has 0 fully saturated rings. The smallest absolute Gasteiger partial charge is 0.332 e. The molecule has 1 aromatic carbocycles. The maximum atomic E-state index is 11.0. The molecule has 0 aliphatic heterocycles. The van der Waals surface area contributed by atoms with Gasteiger partial charge in [-0.25, -0.2) is 4.79 Å². The maximum absolute atomic E-state index is 11.0. The first kappa shape index (κ1) is 12.8. The van der Waals surface area contributed by atoms with Crippen LogP contribution in [0.3, 0.4) is 0 Å². The largest absolute Gasteiger partial charge is 0.481 e. The molecular weight excluding hydrogens is 248 g/mol. The number of hydrogen-bond donors (Lipinski definition) is 3. The second kappa shape index (κ2) is 4.93. The minimum Gasteiger partial charge on any atom is -0.481 e. The van der Waals surface area contributed by atoms with Crippen LogP contribution in [0.25, 0.3) is 17.0 Å². The van der Waals surface area contributed by atoms with E-state index >= 15 is 0 Å². The minimum atomic E-state index is -1.23. The zero-order chi connectivity index (χ0) is 14.0. The van der Waals surface area contributed by atoms with Crippen molar-refractivity contribution < 1.29 is 19.8 Å². The number of aromatic amines is 1. The number of rotatable bonds is 4. The molecule has 2 aromatic rings. The van der Waals surface area contributed by atoms with Gasteiger partial charge in [0.1, 0.15) is 0 Å². The predicted molar refractivity (Wildman–Crippen MR) is 68.7 cm³/mol. The zero-order valence-electron chi connectivity index (χ0n) is 10.2. The lowest BCUT2D eigenvalue weighted by molar-refractivity contribution is -0.139. The van der Waals surface area contributed by atoms with E-state index in [0.717, 1.165) is 16.5 Å². The first-order valence-electron chi connectivity index (χ1n) is 5.57. The Morgan fingerprint density at radius 2 is 2.11 bits per heavy atom. The SMILES string of the molecule is Cc1cc(/C=C(\CC(=O)O)C(=O)O)cc2cn[nH]c12. The molecule has 6 nitrogen and oxygen atoms in total. The summed E-state index contributed by atoms with van der Waals surface area (Å²) in [6.45, 7) is 1.87. The van der Waals surface area contributed by atoms with Crippen LogP contribution < -0.4 is 0 Å². The second-order valence-corrected chi connectivity index (χ2v) is 4.22. The number of aromatic nitrogens is 2. The van der Waals surface area contributed by atoms with Crippen LogP contribution in [0.1, 0.15) is 17.5 Å². The van der Waals surface area contributed by atoms with Gasteiger partial charge < -0.3 is 10.2 Å². The Kier molecular flexibility index (Phi) is 3.33. The van der Waals surface area contributed by atoms with E-state index < -0.39 is 18.4 Å². The van der Waals surface area contributed by atoms with Crippen molar-refractivity contribution in [3.63, 3.8) is 0 Å². The number of carboxylic acid groups (broad SMARTS) is 2. The van der Waals surface area contributed by atoms with Crippen molar-refractivity contribution in [2.24, 2.45) is 0 Å². The summed E-state index contributed by atoms with van der Waals surface area (Å²) in [5.41, 5.74) is 2.29. The van der Waals surface area contributed by atoms with Gasteiger partial charge in [-0.05, 0) is 36.3 Å². The summed E-state index contributed by atoms with van der Waals surface area (Å²) in [5.74, 6) is -2.40. The average molecular weight is 260 g/mol. The third-order valence-electron chi connectivity index (χ3n) is 2.73. The van der Waals surface area contributed by atoms with E-state index in [4.69, 9.17) is 10.2 Å². The van der Waals surface area contributed by atoms with Crippen LogP contribution in [0, 0.1) is 6.92 Å². The Balaban J connectivity index is 2.47. The first-order chi connectivity index (χ1) is 8.97. The number of fused-ring (bicyclic) bond motifs is 1. The van der Waals surface area contributed by atoms with Gasteiger partial charge in [0.15, 0.2) is 0 Å². The summed E-state index contributed by atoms with van der Waals surface area (Å²) < 4.78 is 0. The third-order valence-corrected chi connectivity index (χ3v) is 2.73. The lowest BCUT2D eigenvalue weighted by Crippen LogP contribution is -2.06. The highest BCUT2D eigenvalue weighted by Gasteiger charge is 2.12. The second-order valence-electron chi connectivity index (χ2n) is 4.22. The van der Waals surface area contributed by atoms with Gasteiger partial charge in [0.2, 0.25) is 0 Å². The summed E-state index contributed by atoms with van der Waals surface area (Å²) in [5, 5.41) is 25.3. The number of aryl methyl sites for hydroxylation is 1. The number of nitrogens with zero attached hydrogens (tertiary/aromatic N) is 1. The monoisotopic (exact) mass is 260 g/mol. The number of hydrogen-bond acceptors (Lipinski definition) is 3. The van der Waals surface area contributed by atoms with Crippen molar-refractivity contribution in [2.45, 2.75) is 13.3 Å². The van der Waals surface area contributed by atoms with Gasteiger partial charge in [-0.3, -0.25) is 9.89 Å². The fourth-order valence-corrected chi connectivity index (χ4v) is 1.90. The van der Waals surface area contributed by atoms with Crippen LogP contribution in [-0.2, 0) is 9.59 Å². The van der Waals surface area contributed by atoms with Crippen LogP contribution in [0.15, 0.2) is 23.9 Å². The lowest BCUT2D eigenvalue weighted by Gasteiger charge is -2.02. The van der Waals surface area contributed by atoms with E-state index in [2.05, 4.69) is 10.2 Å². The summed E-state index contributed by atoms with van der Waals surface area (Å²) in [6, 6.07) is 3.54. The van der Waals surface area contributed by atoms with Crippen LogP contribution in [-0.4, -0.2) is 32.3 Å². The molecule has 3 N–H and O–H groups in total. The molecule has 0 atom stereocenters. The molecule has 0 radical (unpaired) electrons. The van der Waals surface area contributed by atoms with Gasteiger partial charge in [0.05, 0.1) is 18.1 Å². The lowest BCUT2D eigenvalue weighted by atomic mass is 10.0. The van der Waals surface area contributed by atoms with E-state index in [0.29, 0.717) is 5.56 Å². The van der Waals surface area contributed by atoms with E-state index in [1.54, 1.807) is 18.3 Å². The highest BCUT2D eigenvalue weighted by atomic mass is 16.4. The molecule has 19 heavy (non-hydrogen) atoms. The number of nitrogens with one attached hydrogen (secondary N) is 1. The van der Waals surface area contributed by atoms with E-state index in [-0.39, 0.29) is 5.57 Å². The van der Waals surface area contributed by atoms with Crippen molar-refractivity contribution in [3.8, 4) is 0 Å². The van der Waals surface area contributed by atoms with Gasteiger partial charge in [0.25, 0.3) is 0 Å².